The van der Waals surface area contributed by atoms with Crippen LogP contribution < -0.4 is 10.6 Å². The van der Waals surface area contributed by atoms with E-state index < -0.39 is 0 Å². The molecule has 0 aliphatic carbocycles. The van der Waals surface area contributed by atoms with Crippen molar-refractivity contribution in [3.8, 4) is 0 Å². The summed E-state index contributed by atoms with van der Waals surface area (Å²) in [5, 5.41) is 9.28. The summed E-state index contributed by atoms with van der Waals surface area (Å²) in [6, 6.07) is 7.35. The topological polar surface area (TPSA) is 80.0 Å². The zero-order chi connectivity index (χ0) is 13.0. The van der Waals surface area contributed by atoms with E-state index in [1.54, 1.807) is 19.1 Å². The van der Waals surface area contributed by atoms with Gasteiger partial charge in [0.2, 0.25) is 0 Å². The Labute approximate surface area is 104 Å². The predicted octanol–water partition coefficient (Wildman–Crippen LogP) is 2.06. The molecule has 0 saturated carbocycles. The molecular formula is C12H14N4O2. The van der Waals surface area contributed by atoms with Crippen LogP contribution in [-0.4, -0.2) is 22.6 Å². The Balaban J connectivity index is 2.18. The summed E-state index contributed by atoms with van der Waals surface area (Å²) >= 11 is 0. The lowest BCUT2D eigenvalue weighted by atomic mass is 10.1. The van der Waals surface area contributed by atoms with Gasteiger partial charge in [0.15, 0.2) is 5.82 Å². The van der Waals surface area contributed by atoms with Gasteiger partial charge in [-0.15, -0.1) is 0 Å². The first-order valence-electron chi connectivity index (χ1n) is 5.65. The van der Waals surface area contributed by atoms with Crippen molar-refractivity contribution in [2.75, 3.05) is 17.2 Å². The van der Waals surface area contributed by atoms with Crippen molar-refractivity contribution in [1.82, 2.24) is 10.1 Å². The molecule has 0 unspecified atom stereocenters. The van der Waals surface area contributed by atoms with Crippen LogP contribution in [0.3, 0.4) is 0 Å². The SMILES string of the molecule is CCNc1ccccc1C(=O)Nc1nc(C)no1. The Hall–Kier alpha value is -2.37. The van der Waals surface area contributed by atoms with Crippen molar-refractivity contribution < 1.29 is 9.32 Å². The number of anilines is 2. The number of carbonyl (C=O) groups excluding carboxylic acids is 1. The van der Waals surface area contributed by atoms with Crippen LogP contribution in [0.4, 0.5) is 11.7 Å². The smallest absolute Gasteiger partial charge is 0.328 e. The molecule has 1 aromatic heterocycles. The fraction of sp³-hybridized carbons (Fsp3) is 0.250. The second-order valence-electron chi connectivity index (χ2n) is 3.68. The van der Waals surface area contributed by atoms with Gasteiger partial charge >= 0.3 is 6.01 Å². The number of aromatic nitrogens is 2. The quantitative estimate of drug-likeness (QED) is 0.863. The monoisotopic (exact) mass is 246 g/mol. The van der Waals surface area contributed by atoms with Crippen LogP contribution in [0.15, 0.2) is 28.8 Å². The molecule has 0 saturated heterocycles. The van der Waals surface area contributed by atoms with E-state index >= 15 is 0 Å². The lowest BCUT2D eigenvalue weighted by Gasteiger charge is -2.08. The van der Waals surface area contributed by atoms with Crippen molar-refractivity contribution in [3.63, 3.8) is 0 Å². The van der Waals surface area contributed by atoms with Crippen molar-refractivity contribution >= 4 is 17.6 Å². The summed E-state index contributed by atoms with van der Waals surface area (Å²) in [5.74, 6) is 0.195. The second kappa shape index (κ2) is 5.31. The third kappa shape index (κ3) is 2.65. The lowest BCUT2D eigenvalue weighted by molar-refractivity contribution is 0.102. The van der Waals surface area contributed by atoms with Crippen molar-refractivity contribution in [2.24, 2.45) is 0 Å². The Bertz CT molecular complexity index is 551. The summed E-state index contributed by atoms with van der Waals surface area (Å²) in [4.78, 5) is 16.0. The van der Waals surface area contributed by atoms with Gasteiger partial charge in [-0.3, -0.25) is 10.1 Å². The minimum absolute atomic E-state index is 0.101. The predicted molar refractivity (Wildman–Crippen MR) is 67.6 cm³/mol. The minimum atomic E-state index is -0.282. The molecule has 2 N–H and O–H groups in total. The van der Waals surface area contributed by atoms with Gasteiger partial charge in [-0.2, -0.15) is 4.98 Å². The number of hydrogen-bond acceptors (Lipinski definition) is 5. The molecule has 18 heavy (non-hydrogen) atoms. The molecule has 0 fully saturated rings. The normalized spacial score (nSPS) is 10.1. The van der Waals surface area contributed by atoms with Crippen molar-refractivity contribution in [3.05, 3.63) is 35.7 Å². The summed E-state index contributed by atoms with van der Waals surface area (Å²) < 4.78 is 4.84. The molecule has 0 bridgehead atoms. The van der Waals surface area contributed by atoms with E-state index in [1.165, 1.54) is 0 Å². The third-order valence-electron chi connectivity index (χ3n) is 2.29. The van der Waals surface area contributed by atoms with Crippen molar-refractivity contribution in [1.29, 1.82) is 0 Å². The lowest BCUT2D eigenvalue weighted by Crippen LogP contribution is -2.14. The van der Waals surface area contributed by atoms with E-state index in [2.05, 4.69) is 20.8 Å². The molecule has 0 spiro atoms. The fourth-order valence-electron chi connectivity index (χ4n) is 1.54. The van der Waals surface area contributed by atoms with E-state index in [-0.39, 0.29) is 11.9 Å². The molecule has 1 heterocycles. The molecule has 0 radical (unpaired) electrons. The van der Waals surface area contributed by atoms with Crippen LogP contribution in [0.2, 0.25) is 0 Å². The van der Waals surface area contributed by atoms with Crippen LogP contribution in [0.25, 0.3) is 0 Å². The van der Waals surface area contributed by atoms with Gasteiger partial charge in [0.25, 0.3) is 5.91 Å². The third-order valence-corrected chi connectivity index (χ3v) is 2.29. The molecule has 0 aliphatic heterocycles. The molecular weight excluding hydrogens is 232 g/mol. The fourth-order valence-corrected chi connectivity index (χ4v) is 1.54. The first-order valence-corrected chi connectivity index (χ1v) is 5.65. The molecule has 6 heteroatoms. The maximum atomic E-state index is 12.0. The van der Waals surface area contributed by atoms with E-state index in [0.29, 0.717) is 11.4 Å². The number of amides is 1. The number of nitrogens with zero attached hydrogens (tertiary/aromatic N) is 2. The Morgan fingerprint density at radius 1 is 1.39 bits per heavy atom. The number of hydrogen-bond donors (Lipinski definition) is 2. The molecule has 0 aliphatic rings. The zero-order valence-corrected chi connectivity index (χ0v) is 10.2. The highest BCUT2D eigenvalue weighted by Crippen LogP contribution is 2.16. The highest BCUT2D eigenvalue weighted by Gasteiger charge is 2.13. The first kappa shape index (κ1) is 12.1. The number of para-hydroxylation sites is 1. The van der Waals surface area contributed by atoms with Crippen LogP contribution in [0.5, 0.6) is 0 Å². The highest BCUT2D eigenvalue weighted by molar-refractivity contribution is 6.07. The standard InChI is InChI=1S/C12H14N4O2/c1-3-13-10-7-5-4-6-9(10)11(17)15-12-14-8(2)16-18-12/h4-7,13H,3H2,1-2H3,(H,14,15,16,17). The maximum Gasteiger partial charge on any atom is 0.328 e. The largest absolute Gasteiger partial charge is 0.385 e. The van der Waals surface area contributed by atoms with Gasteiger partial charge in [-0.25, -0.2) is 0 Å². The van der Waals surface area contributed by atoms with Gasteiger partial charge in [-0.1, -0.05) is 17.3 Å². The van der Waals surface area contributed by atoms with E-state index in [4.69, 9.17) is 4.52 Å². The Kier molecular flexibility index (Phi) is 3.57. The summed E-state index contributed by atoms with van der Waals surface area (Å²) in [6.45, 7) is 4.39. The van der Waals surface area contributed by atoms with E-state index in [1.807, 2.05) is 19.1 Å². The zero-order valence-electron chi connectivity index (χ0n) is 10.2. The van der Waals surface area contributed by atoms with Gasteiger partial charge in [0, 0.05) is 12.2 Å². The number of nitrogens with one attached hydrogen (secondary N) is 2. The van der Waals surface area contributed by atoms with Crippen LogP contribution >= 0.6 is 0 Å². The molecule has 2 aromatic rings. The minimum Gasteiger partial charge on any atom is -0.385 e. The number of aryl methyl sites for hydroxylation is 1. The van der Waals surface area contributed by atoms with E-state index in [0.717, 1.165) is 12.2 Å². The first-order chi connectivity index (χ1) is 8.70. The average Bonchev–Trinajstić information content (AvgIpc) is 2.76. The summed E-state index contributed by atoms with van der Waals surface area (Å²) in [7, 11) is 0. The van der Waals surface area contributed by atoms with Crippen LogP contribution in [-0.2, 0) is 0 Å². The van der Waals surface area contributed by atoms with Gasteiger partial charge in [0.1, 0.15) is 0 Å². The summed E-state index contributed by atoms with van der Waals surface area (Å²) in [5.41, 5.74) is 1.31. The van der Waals surface area contributed by atoms with Crippen LogP contribution in [0.1, 0.15) is 23.1 Å². The maximum absolute atomic E-state index is 12.0. The molecule has 2 rings (SSSR count). The number of benzene rings is 1. The van der Waals surface area contributed by atoms with Crippen LogP contribution in [0, 0.1) is 6.92 Å². The molecule has 1 aromatic carbocycles. The van der Waals surface area contributed by atoms with Crippen molar-refractivity contribution in [2.45, 2.75) is 13.8 Å². The second-order valence-corrected chi connectivity index (χ2v) is 3.68. The van der Waals surface area contributed by atoms with Gasteiger partial charge < -0.3 is 9.84 Å². The highest BCUT2D eigenvalue weighted by atomic mass is 16.5. The number of rotatable bonds is 4. The molecule has 0 atom stereocenters. The molecule has 94 valence electrons. The van der Waals surface area contributed by atoms with Gasteiger partial charge in [0.05, 0.1) is 5.56 Å². The average molecular weight is 246 g/mol. The van der Waals surface area contributed by atoms with Gasteiger partial charge in [-0.05, 0) is 26.0 Å². The molecule has 1 amide bonds. The Morgan fingerprint density at radius 2 is 2.17 bits per heavy atom. The Morgan fingerprint density at radius 3 is 2.83 bits per heavy atom. The number of carbonyl (C=O) groups is 1. The summed E-state index contributed by atoms with van der Waals surface area (Å²) in [6.07, 6.45) is 0. The molecule has 6 nitrogen and oxygen atoms in total. The van der Waals surface area contributed by atoms with E-state index in [9.17, 15) is 4.79 Å².